The highest BCUT2D eigenvalue weighted by Gasteiger charge is 2.42. The smallest absolute Gasteiger partial charge is 0.250 e. The third-order valence-corrected chi connectivity index (χ3v) is 6.22. The molecule has 5 nitrogen and oxygen atoms in total. The van der Waals surface area contributed by atoms with E-state index in [9.17, 15) is 13.2 Å². The number of sulfonamides is 1. The van der Waals surface area contributed by atoms with Crippen LogP contribution in [0.15, 0.2) is 0 Å². The molecule has 0 radical (unpaired) electrons. The summed E-state index contributed by atoms with van der Waals surface area (Å²) in [4.78, 5) is 12.0. The van der Waals surface area contributed by atoms with Gasteiger partial charge in [0.15, 0.2) is 0 Å². The second kappa shape index (κ2) is 4.49. The first kappa shape index (κ1) is 12.4. The van der Waals surface area contributed by atoms with E-state index in [4.69, 9.17) is 0 Å². The fourth-order valence-electron chi connectivity index (χ4n) is 3.19. The van der Waals surface area contributed by atoms with Gasteiger partial charge in [-0.3, -0.25) is 9.52 Å². The molecule has 3 atom stereocenters. The molecule has 3 rings (SSSR count). The average molecular weight is 272 g/mol. The Bertz CT molecular complexity index is 430. The second-order valence-corrected chi connectivity index (χ2v) is 7.78. The molecule has 3 aliphatic rings. The molecular formula is C12H20N2O3S. The lowest BCUT2D eigenvalue weighted by Gasteiger charge is -2.24. The molecule has 3 unspecified atom stereocenters. The molecule has 0 spiro atoms. The van der Waals surface area contributed by atoms with Crippen LogP contribution in [0.2, 0.25) is 0 Å². The second-order valence-electron chi connectivity index (χ2n) is 5.82. The maximum absolute atomic E-state index is 12.0. The number of carbonyl (C=O) groups is 1. The van der Waals surface area contributed by atoms with Crippen LogP contribution in [-0.2, 0) is 14.8 Å². The van der Waals surface area contributed by atoms with Gasteiger partial charge in [-0.1, -0.05) is 12.8 Å². The summed E-state index contributed by atoms with van der Waals surface area (Å²) in [5.74, 6) is 0.203. The zero-order valence-electron chi connectivity index (χ0n) is 10.4. The summed E-state index contributed by atoms with van der Waals surface area (Å²) in [5, 5.41) is 2.97. The van der Waals surface area contributed by atoms with Gasteiger partial charge in [0.1, 0.15) is 0 Å². The Balaban J connectivity index is 1.60. The molecule has 0 aromatic rings. The molecule has 0 bridgehead atoms. The Kier molecular flexibility index (Phi) is 3.10. The normalized spacial score (nSPS) is 36.1. The first-order valence-corrected chi connectivity index (χ1v) is 8.42. The van der Waals surface area contributed by atoms with Crippen LogP contribution >= 0.6 is 0 Å². The van der Waals surface area contributed by atoms with Gasteiger partial charge in [0.25, 0.3) is 5.91 Å². The number of nitrogens with one attached hydrogen (secondary N) is 2. The van der Waals surface area contributed by atoms with E-state index < -0.39 is 10.0 Å². The van der Waals surface area contributed by atoms with E-state index in [1.807, 2.05) is 0 Å². The minimum atomic E-state index is -3.40. The fourth-order valence-corrected chi connectivity index (χ4v) is 4.54. The number of amides is 1. The lowest BCUT2D eigenvalue weighted by Crippen LogP contribution is -2.46. The van der Waals surface area contributed by atoms with Gasteiger partial charge in [-0.25, -0.2) is 8.42 Å². The average Bonchev–Trinajstić information content (AvgIpc) is 3.08. The van der Waals surface area contributed by atoms with Crippen molar-refractivity contribution in [2.24, 2.45) is 5.92 Å². The van der Waals surface area contributed by atoms with Crippen LogP contribution < -0.4 is 10.0 Å². The molecule has 6 heteroatoms. The van der Waals surface area contributed by atoms with Crippen molar-refractivity contribution in [3.05, 3.63) is 0 Å². The van der Waals surface area contributed by atoms with Gasteiger partial charge >= 0.3 is 0 Å². The topological polar surface area (TPSA) is 75.3 Å². The van der Waals surface area contributed by atoms with E-state index in [0.717, 1.165) is 19.3 Å². The third-order valence-electron chi connectivity index (χ3n) is 4.39. The van der Waals surface area contributed by atoms with E-state index in [0.29, 0.717) is 24.8 Å². The van der Waals surface area contributed by atoms with Gasteiger partial charge in [-0.2, -0.15) is 0 Å². The molecule has 18 heavy (non-hydrogen) atoms. The lowest BCUT2D eigenvalue weighted by molar-refractivity contribution is -0.121. The van der Waals surface area contributed by atoms with Crippen molar-refractivity contribution in [1.82, 2.24) is 10.0 Å². The lowest BCUT2D eigenvalue weighted by atomic mass is 9.85. The summed E-state index contributed by atoms with van der Waals surface area (Å²) in [6.07, 6.45) is 6.88. The highest BCUT2D eigenvalue weighted by molar-refractivity contribution is 7.90. The standard InChI is InChI=1S/C12H20N2O3S/c15-12(14-18(16,17)9-5-6-9)11-7-8-3-1-2-4-10(8)13-11/h8-11,13H,1-7H2,(H,14,15). The number of hydrogen-bond acceptors (Lipinski definition) is 4. The minimum absolute atomic E-state index is 0.313. The number of hydrogen-bond donors (Lipinski definition) is 2. The van der Waals surface area contributed by atoms with Gasteiger partial charge in [-0.05, 0) is 38.0 Å². The molecule has 3 fully saturated rings. The molecule has 2 aliphatic carbocycles. The monoisotopic (exact) mass is 272 g/mol. The van der Waals surface area contributed by atoms with Gasteiger partial charge < -0.3 is 5.32 Å². The summed E-state index contributed by atoms with van der Waals surface area (Å²) in [6.45, 7) is 0. The van der Waals surface area contributed by atoms with Gasteiger partial charge in [-0.15, -0.1) is 0 Å². The first-order chi connectivity index (χ1) is 8.56. The summed E-state index contributed by atoms with van der Waals surface area (Å²) < 4.78 is 25.7. The Morgan fingerprint density at radius 1 is 1.11 bits per heavy atom. The van der Waals surface area contributed by atoms with Gasteiger partial charge in [0, 0.05) is 6.04 Å². The molecule has 0 aromatic heterocycles. The van der Waals surface area contributed by atoms with Crippen molar-refractivity contribution in [2.75, 3.05) is 0 Å². The molecular weight excluding hydrogens is 252 g/mol. The van der Waals surface area contributed by atoms with Crippen LogP contribution in [0.4, 0.5) is 0 Å². The Morgan fingerprint density at radius 3 is 2.50 bits per heavy atom. The van der Waals surface area contributed by atoms with Crippen molar-refractivity contribution in [1.29, 1.82) is 0 Å². The summed E-state index contributed by atoms with van der Waals surface area (Å²) in [7, 11) is -3.40. The number of fused-ring (bicyclic) bond motifs is 1. The minimum Gasteiger partial charge on any atom is -0.303 e. The Morgan fingerprint density at radius 2 is 1.83 bits per heavy atom. The molecule has 102 valence electrons. The zero-order valence-corrected chi connectivity index (χ0v) is 11.2. The molecule has 2 N–H and O–H groups in total. The van der Waals surface area contributed by atoms with Gasteiger partial charge in [0.05, 0.1) is 11.3 Å². The number of carbonyl (C=O) groups excluding carboxylic acids is 1. The SMILES string of the molecule is O=C(NS(=O)(=O)C1CC1)C1CC2CCCCC2N1. The Labute approximate surface area is 108 Å². The summed E-state index contributed by atoms with van der Waals surface area (Å²) in [6, 6.07) is 0.102. The fraction of sp³-hybridized carbons (Fsp3) is 0.917. The van der Waals surface area contributed by atoms with Crippen LogP contribution in [0.3, 0.4) is 0 Å². The molecule has 1 amide bonds. The van der Waals surface area contributed by atoms with Crippen LogP contribution in [0.25, 0.3) is 0 Å². The van der Waals surface area contributed by atoms with Gasteiger partial charge in [0.2, 0.25) is 10.0 Å². The van der Waals surface area contributed by atoms with Crippen molar-refractivity contribution in [2.45, 2.75) is 62.3 Å². The molecule has 1 saturated heterocycles. The van der Waals surface area contributed by atoms with Crippen molar-refractivity contribution < 1.29 is 13.2 Å². The maximum atomic E-state index is 12.0. The molecule has 1 heterocycles. The van der Waals surface area contributed by atoms with Crippen LogP contribution in [0.1, 0.15) is 44.9 Å². The summed E-state index contributed by atoms with van der Waals surface area (Å²) in [5.41, 5.74) is 0. The highest BCUT2D eigenvalue weighted by atomic mass is 32.2. The van der Waals surface area contributed by atoms with Crippen molar-refractivity contribution in [3.63, 3.8) is 0 Å². The van der Waals surface area contributed by atoms with Crippen molar-refractivity contribution >= 4 is 15.9 Å². The van der Waals surface area contributed by atoms with E-state index in [1.165, 1.54) is 12.8 Å². The van der Waals surface area contributed by atoms with E-state index >= 15 is 0 Å². The van der Waals surface area contributed by atoms with Crippen LogP contribution in [-0.4, -0.2) is 31.7 Å². The Hall–Kier alpha value is -0.620. The molecule has 2 saturated carbocycles. The quantitative estimate of drug-likeness (QED) is 0.785. The van der Waals surface area contributed by atoms with E-state index in [-0.39, 0.29) is 17.2 Å². The first-order valence-electron chi connectivity index (χ1n) is 6.88. The predicted molar refractivity (Wildman–Crippen MR) is 67.4 cm³/mol. The maximum Gasteiger partial charge on any atom is 0.250 e. The van der Waals surface area contributed by atoms with E-state index in [2.05, 4.69) is 10.0 Å². The van der Waals surface area contributed by atoms with Crippen molar-refractivity contribution in [3.8, 4) is 0 Å². The predicted octanol–water partition coefficient (Wildman–Crippen LogP) is 0.515. The number of rotatable bonds is 3. The highest BCUT2D eigenvalue weighted by Crippen LogP contribution is 2.33. The van der Waals surface area contributed by atoms with Crippen LogP contribution in [0, 0.1) is 5.92 Å². The molecule has 1 aliphatic heterocycles. The van der Waals surface area contributed by atoms with E-state index in [1.54, 1.807) is 0 Å². The van der Waals surface area contributed by atoms with Crippen LogP contribution in [0.5, 0.6) is 0 Å². The molecule has 0 aromatic carbocycles. The largest absolute Gasteiger partial charge is 0.303 e. The zero-order chi connectivity index (χ0) is 12.8. The summed E-state index contributed by atoms with van der Waals surface area (Å²) >= 11 is 0. The third kappa shape index (κ3) is 2.40.